The third-order valence-electron chi connectivity index (χ3n) is 3.54. The molecule has 0 spiro atoms. The number of nitrogens with zero attached hydrogens (tertiary/aromatic N) is 1. The van der Waals surface area contributed by atoms with E-state index in [1.807, 2.05) is 31.2 Å². The first-order valence-electron chi connectivity index (χ1n) is 7.35. The van der Waals surface area contributed by atoms with Gasteiger partial charge in [-0.3, -0.25) is 9.59 Å². The molecular weight excluding hydrogens is 268 g/mol. The van der Waals surface area contributed by atoms with Crippen LogP contribution in [-0.2, 0) is 9.59 Å². The van der Waals surface area contributed by atoms with Crippen LogP contribution in [0.5, 0.6) is 5.75 Å². The predicted molar refractivity (Wildman–Crippen MR) is 80.1 cm³/mol. The lowest BCUT2D eigenvalue weighted by molar-refractivity contribution is -0.134. The van der Waals surface area contributed by atoms with Crippen molar-refractivity contribution in [2.45, 2.75) is 32.8 Å². The second kappa shape index (κ2) is 7.11. The lowest BCUT2D eigenvalue weighted by Gasteiger charge is -2.18. The van der Waals surface area contributed by atoms with Gasteiger partial charge in [-0.25, -0.2) is 0 Å². The molecule has 0 aromatic heterocycles. The zero-order valence-corrected chi connectivity index (χ0v) is 12.6. The van der Waals surface area contributed by atoms with Crippen LogP contribution in [0.15, 0.2) is 24.3 Å². The van der Waals surface area contributed by atoms with Gasteiger partial charge in [-0.2, -0.15) is 0 Å². The average molecular weight is 290 g/mol. The molecular formula is C16H22N2O3. The molecule has 21 heavy (non-hydrogen) atoms. The second-order valence-electron chi connectivity index (χ2n) is 5.38. The first-order valence-corrected chi connectivity index (χ1v) is 7.35. The fourth-order valence-corrected chi connectivity index (χ4v) is 2.33. The number of nitrogens with one attached hydrogen (secondary N) is 1. The molecule has 0 bridgehead atoms. The molecule has 0 aliphatic carbocycles. The zero-order valence-electron chi connectivity index (χ0n) is 12.6. The summed E-state index contributed by atoms with van der Waals surface area (Å²) in [6, 6.07) is 7.53. The summed E-state index contributed by atoms with van der Waals surface area (Å²) in [5, 5.41) is 2.64. The van der Waals surface area contributed by atoms with Gasteiger partial charge in [0.2, 0.25) is 5.91 Å². The Hall–Kier alpha value is -2.04. The van der Waals surface area contributed by atoms with Crippen LogP contribution in [0.4, 0.5) is 0 Å². The number of likely N-dealkylation sites (tertiary alicyclic amines) is 1. The third-order valence-corrected chi connectivity index (χ3v) is 3.54. The van der Waals surface area contributed by atoms with Gasteiger partial charge in [-0.15, -0.1) is 0 Å². The van der Waals surface area contributed by atoms with Crippen molar-refractivity contribution >= 4 is 11.8 Å². The molecule has 2 rings (SSSR count). The van der Waals surface area contributed by atoms with Crippen LogP contribution in [0.25, 0.3) is 0 Å². The predicted octanol–water partition coefficient (Wildman–Crippen LogP) is 1.50. The first kappa shape index (κ1) is 15.4. The van der Waals surface area contributed by atoms with Gasteiger partial charge < -0.3 is 15.0 Å². The summed E-state index contributed by atoms with van der Waals surface area (Å²) < 4.78 is 5.58. The lowest BCUT2D eigenvalue weighted by atomic mass is 10.2. The van der Waals surface area contributed by atoms with Gasteiger partial charge in [0.25, 0.3) is 5.91 Å². The summed E-state index contributed by atoms with van der Waals surface area (Å²) in [4.78, 5) is 25.6. The van der Waals surface area contributed by atoms with Crippen molar-refractivity contribution in [3.63, 3.8) is 0 Å². The molecule has 5 heteroatoms. The van der Waals surface area contributed by atoms with Crippen LogP contribution in [0.1, 0.15) is 25.3 Å². The summed E-state index contributed by atoms with van der Waals surface area (Å²) in [5.41, 5.74) is 1.07. The number of carbonyl (C=O) groups is 2. The fourth-order valence-electron chi connectivity index (χ4n) is 2.33. The number of benzene rings is 1. The van der Waals surface area contributed by atoms with Gasteiger partial charge in [0.1, 0.15) is 5.75 Å². The molecule has 1 N–H and O–H groups in total. The van der Waals surface area contributed by atoms with Gasteiger partial charge in [0.15, 0.2) is 6.10 Å². The van der Waals surface area contributed by atoms with Crippen molar-refractivity contribution in [1.29, 1.82) is 0 Å². The van der Waals surface area contributed by atoms with Crippen molar-refractivity contribution in [1.82, 2.24) is 10.2 Å². The molecule has 0 saturated carbocycles. The van der Waals surface area contributed by atoms with E-state index in [-0.39, 0.29) is 18.4 Å². The summed E-state index contributed by atoms with van der Waals surface area (Å²) in [6.45, 7) is 5.28. The molecule has 1 aromatic rings. The summed E-state index contributed by atoms with van der Waals surface area (Å²) in [5.74, 6) is 0.358. The van der Waals surface area contributed by atoms with E-state index in [2.05, 4.69) is 5.32 Å². The van der Waals surface area contributed by atoms with Crippen LogP contribution in [-0.4, -0.2) is 42.5 Å². The number of amides is 2. The molecule has 0 radical (unpaired) electrons. The van der Waals surface area contributed by atoms with Gasteiger partial charge in [0, 0.05) is 13.1 Å². The molecule has 1 saturated heterocycles. The Labute approximate surface area is 125 Å². The minimum atomic E-state index is -0.627. The van der Waals surface area contributed by atoms with E-state index in [0.29, 0.717) is 5.75 Å². The van der Waals surface area contributed by atoms with E-state index in [9.17, 15) is 9.59 Å². The maximum absolute atomic E-state index is 11.9. The Morgan fingerprint density at radius 1 is 1.33 bits per heavy atom. The van der Waals surface area contributed by atoms with Crippen molar-refractivity contribution in [3.8, 4) is 5.75 Å². The Morgan fingerprint density at radius 2 is 2.05 bits per heavy atom. The van der Waals surface area contributed by atoms with E-state index < -0.39 is 6.10 Å². The van der Waals surface area contributed by atoms with Gasteiger partial charge in [-0.1, -0.05) is 12.1 Å². The van der Waals surface area contributed by atoms with Gasteiger partial charge >= 0.3 is 0 Å². The van der Waals surface area contributed by atoms with Crippen molar-refractivity contribution < 1.29 is 14.3 Å². The molecule has 1 atom stereocenters. The highest BCUT2D eigenvalue weighted by Gasteiger charge is 2.20. The number of rotatable bonds is 5. The molecule has 114 valence electrons. The molecule has 1 fully saturated rings. The smallest absolute Gasteiger partial charge is 0.261 e. The monoisotopic (exact) mass is 290 g/mol. The minimum absolute atomic E-state index is 0.0244. The number of ether oxygens (including phenoxy) is 1. The lowest BCUT2D eigenvalue weighted by Crippen LogP contribution is -2.43. The van der Waals surface area contributed by atoms with E-state index in [1.165, 1.54) is 0 Å². The Kier molecular flexibility index (Phi) is 5.20. The number of carbonyl (C=O) groups excluding carboxylic acids is 2. The Bertz CT molecular complexity index is 510. The van der Waals surface area contributed by atoms with Crippen LogP contribution in [0.3, 0.4) is 0 Å². The zero-order chi connectivity index (χ0) is 15.2. The topological polar surface area (TPSA) is 58.6 Å². The van der Waals surface area contributed by atoms with Gasteiger partial charge in [-0.05, 0) is 44.4 Å². The summed E-state index contributed by atoms with van der Waals surface area (Å²) in [7, 11) is 0. The minimum Gasteiger partial charge on any atom is -0.481 e. The van der Waals surface area contributed by atoms with Crippen LogP contribution in [0, 0.1) is 6.92 Å². The van der Waals surface area contributed by atoms with Crippen LogP contribution in [0.2, 0.25) is 0 Å². The normalized spacial score (nSPS) is 15.6. The number of aryl methyl sites for hydroxylation is 1. The van der Waals surface area contributed by atoms with E-state index in [4.69, 9.17) is 4.74 Å². The highest BCUT2D eigenvalue weighted by molar-refractivity contribution is 5.87. The quantitative estimate of drug-likeness (QED) is 0.894. The highest BCUT2D eigenvalue weighted by Crippen LogP contribution is 2.14. The Balaban J connectivity index is 1.78. The Morgan fingerprint density at radius 3 is 2.71 bits per heavy atom. The maximum atomic E-state index is 11.9. The van der Waals surface area contributed by atoms with Crippen LogP contribution < -0.4 is 10.1 Å². The molecule has 1 aliphatic heterocycles. The standard InChI is InChI=1S/C16H22N2O3/c1-12-6-5-7-14(10-12)21-13(2)16(20)17-11-15(19)18-8-3-4-9-18/h5-7,10,13H,3-4,8-9,11H2,1-2H3,(H,17,20). The summed E-state index contributed by atoms with van der Waals surface area (Å²) in [6.07, 6.45) is 1.47. The molecule has 1 aliphatic rings. The summed E-state index contributed by atoms with van der Waals surface area (Å²) >= 11 is 0. The fraction of sp³-hybridized carbons (Fsp3) is 0.500. The van der Waals surface area contributed by atoms with E-state index in [0.717, 1.165) is 31.5 Å². The number of hydrogen-bond acceptors (Lipinski definition) is 3. The van der Waals surface area contributed by atoms with Crippen molar-refractivity contribution in [3.05, 3.63) is 29.8 Å². The van der Waals surface area contributed by atoms with E-state index in [1.54, 1.807) is 11.8 Å². The highest BCUT2D eigenvalue weighted by atomic mass is 16.5. The molecule has 1 unspecified atom stereocenters. The van der Waals surface area contributed by atoms with Crippen molar-refractivity contribution in [2.24, 2.45) is 0 Å². The second-order valence-corrected chi connectivity index (χ2v) is 5.38. The third kappa shape index (κ3) is 4.48. The molecule has 5 nitrogen and oxygen atoms in total. The van der Waals surface area contributed by atoms with Crippen LogP contribution >= 0.6 is 0 Å². The average Bonchev–Trinajstić information content (AvgIpc) is 2.98. The molecule has 2 amide bonds. The van der Waals surface area contributed by atoms with Gasteiger partial charge in [0.05, 0.1) is 6.54 Å². The number of hydrogen-bond donors (Lipinski definition) is 1. The molecule has 1 heterocycles. The van der Waals surface area contributed by atoms with Crippen molar-refractivity contribution in [2.75, 3.05) is 19.6 Å². The largest absolute Gasteiger partial charge is 0.481 e. The van der Waals surface area contributed by atoms with E-state index >= 15 is 0 Å². The maximum Gasteiger partial charge on any atom is 0.261 e. The first-order chi connectivity index (χ1) is 10.1. The molecule has 1 aromatic carbocycles. The SMILES string of the molecule is Cc1cccc(OC(C)C(=O)NCC(=O)N2CCCC2)c1.